The first-order valence-corrected chi connectivity index (χ1v) is 7.05. The molecule has 1 aliphatic rings. The van der Waals surface area contributed by atoms with E-state index in [2.05, 4.69) is 5.32 Å². The smallest absolute Gasteiger partial charge is 0.342 e. The number of alkyl halides is 3. The lowest BCUT2D eigenvalue weighted by atomic mass is 9.97. The maximum Gasteiger partial charge on any atom is 0.417 e. The fraction of sp³-hybridized carbons (Fsp3) is 0.500. The van der Waals surface area contributed by atoms with Crippen LogP contribution >= 0.6 is 0 Å². The second kappa shape index (κ2) is 6.43. The number of amides is 2. The highest BCUT2D eigenvalue weighted by Crippen LogP contribution is 2.29. The van der Waals surface area contributed by atoms with Gasteiger partial charge < -0.3 is 15.2 Å². The Morgan fingerprint density at radius 3 is 2.70 bits per heavy atom. The van der Waals surface area contributed by atoms with Crippen LogP contribution in [0.3, 0.4) is 0 Å². The van der Waals surface area contributed by atoms with Crippen LogP contribution in [0.2, 0.25) is 0 Å². The van der Waals surface area contributed by atoms with Crippen LogP contribution in [-0.4, -0.2) is 34.8 Å². The van der Waals surface area contributed by atoms with Gasteiger partial charge in [0, 0.05) is 26.2 Å². The lowest BCUT2D eigenvalue weighted by Gasteiger charge is -2.31. The molecule has 1 fully saturated rings. The summed E-state index contributed by atoms with van der Waals surface area (Å²) in [5.74, 6) is -1.29. The van der Waals surface area contributed by atoms with Crippen LogP contribution in [0.25, 0.3) is 0 Å². The van der Waals surface area contributed by atoms with Crippen LogP contribution in [-0.2, 0) is 15.8 Å². The molecule has 0 saturated carbocycles. The summed E-state index contributed by atoms with van der Waals surface area (Å²) in [6.45, 7) is 2.12. The molecule has 0 radical (unpaired) electrons. The Hall–Kier alpha value is -2.32. The van der Waals surface area contributed by atoms with Crippen molar-refractivity contribution in [3.8, 4) is 0 Å². The van der Waals surface area contributed by atoms with Gasteiger partial charge in [0.1, 0.15) is 5.69 Å². The van der Waals surface area contributed by atoms with E-state index < -0.39 is 34.8 Å². The van der Waals surface area contributed by atoms with E-state index in [1.54, 1.807) is 0 Å². The number of aromatic amines is 1. The summed E-state index contributed by atoms with van der Waals surface area (Å²) in [7, 11) is 0. The first kappa shape index (κ1) is 17.0. The molecule has 6 nitrogen and oxygen atoms in total. The maximum absolute atomic E-state index is 12.7. The van der Waals surface area contributed by atoms with Gasteiger partial charge in [-0.15, -0.1) is 0 Å². The number of anilines is 1. The number of hydrogen-bond acceptors (Lipinski definition) is 3. The second-order valence-corrected chi connectivity index (χ2v) is 5.42. The summed E-state index contributed by atoms with van der Waals surface area (Å²) >= 11 is 0. The Morgan fingerprint density at radius 2 is 2.09 bits per heavy atom. The van der Waals surface area contributed by atoms with Crippen LogP contribution in [0, 0.1) is 5.92 Å². The fourth-order valence-corrected chi connectivity index (χ4v) is 2.45. The minimum Gasteiger partial charge on any atom is -0.342 e. The Kier molecular flexibility index (Phi) is 4.76. The molecule has 0 aromatic carbocycles. The molecule has 2 amide bonds. The Labute approximate surface area is 129 Å². The van der Waals surface area contributed by atoms with Crippen molar-refractivity contribution in [2.24, 2.45) is 5.92 Å². The quantitative estimate of drug-likeness (QED) is 0.863. The predicted octanol–water partition coefficient (Wildman–Crippen LogP) is 1.59. The molecule has 2 heterocycles. The summed E-state index contributed by atoms with van der Waals surface area (Å²) < 4.78 is 38.0. The lowest BCUT2D eigenvalue weighted by Crippen LogP contribution is -2.43. The van der Waals surface area contributed by atoms with Gasteiger partial charge in [-0.3, -0.25) is 14.4 Å². The zero-order valence-electron chi connectivity index (χ0n) is 12.4. The van der Waals surface area contributed by atoms with Gasteiger partial charge >= 0.3 is 6.18 Å². The molecule has 2 rings (SSSR count). The topological polar surface area (TPSA) is 82.3 Å². The van der Waals surface area contributed by atoms with Crippen molar-refractivity contribution in [3.63, 3.8) is 0 Å². The van der Waals surface area contributed by atoms with Gasteiger partial charge in [0.15, 0.2) is 0 Å². The van der Waals surface area contributed by atoms with Gasteiger partial charge in [-0.25, -0.2) is 0 Å². The van der Waals surface area contributed by atoms with Gasteiger partial charge in [-0.1, -0.05) is 0 Å². The Balaban J connectivity index is 2.14. The predicted molar refractivity (Wildman–Crippen MR) is 75.7 cm³/mol. The summed E-state index contributed by atoms with van der Waals surface area (Å²) in [6.07, 6.45) is -2.95. The van der Waals surface area contributed by atoms with Crippen molar-refractivity contribution in [2.45, 2.75) is 25.9 Å². The van der Waals surface area contributed by atoms with E-state index in [9.17, 15) is 27.6 Å². The fourth-order valence-electron chi connectivity index (χ4n) is 2.45. The molecule has 126 valence electrons. The number of nitrogens with zero attached hydrogens (tertiary/aromatic N) is 1. The van der Waals surface area contributed by atoms with Crippen LogP contribution < -0.4 is 10.9 Å². The number of pyridine rings is 1. The molecule has 1 atom stereocenters. The number of H-pyrrole nitrogens is 1. The molecule has 1 aromatic heterocycles. The molecule has 1 aliphatic heterocycles. The number of nitrogens with one attached hydrogen (secondary N) is 2. The summed E-state index contributed by atoms with van der Waals surface area (Å²) in [6, 6.07) is 0.600. The second-order valence-electron chi connectivity index (χ2n) is 5.42. The molecular weight excluding hydrogens is 315 g/mol. The molecule has 0 spiro atoms. The SMILES string of the molecule is CC(=O)N1CCCC(C(=O)Nc2cc(C(F)(F)F)c[nH]c2=O)C1. The standard InChI is InChI=1S/C14H16F3N3O3/c1-8(21)20-4-2-3-9(7-20)12(22)19-11-5-10(14(15,16)17)6-18-13(11)23/h5-6,9H,2-4,7H2,1H3,(H,18,23)(H,19,22). The maximum atomic E-state index is 12.7. The van der Waals surface area contributed by atoms with Crippen molar-refractivity contribution in [2.75, 3.05) is 18.4 Å². The monoisotopic (exact) mass is 331 g/mol. The van der Waals surface area contributed by atoms with E-state index in [1.807, 2.05) is 4.98 Å². The van der Waals surface area contributed by atoms with Crippen molar-refractivity contribution in [3.05, 3.63) is 28.2 Å². The highest BCUT2D eigenvalue weighted by atomic mass is 19.4. The normalized spacial score (nSPS) is 18.6. The number of halogens is 3. The number of likely N-dealkylation sites (tertiary alicyclic amines) is 1. The molecule has 0 bridgehead atoms. The summed E-state index contributed by atoms with van der Waals surface area (Å²) in [5.41, 5.74) is -2.32. The number of hydrogen-bond donors (Lipinski definition) is 2. The third kappa shape index (κ3) is 4.11. The molecule has 2 N–H and O–H groups in total. The average Bonchev–Trinajstić information content (AvgIpc) is 2.48. The lowest BCUT2D eigenvalue weighted by molar-refractivity contribution is -0.138. The first-order valence-electron chi connectivity index (χ1n) is 7.05. The summed E-state index contributed by atoms with van der Waals surface area (Å²) in [5, 5.41) is 2.23. The number of aromatic nitrogens is 1. The van der Waals surface area contributed by atoms with E-state index in [0.717, 1.165) is 0 Å². The molecule has 1 aromatic rings. The van der Waals surface area contributed by atoms with Crippen LogP contribution in [0.15, 0.2) is 17.1 Å². The largest absolute Gasteiger partial charge is 0.417 e. The number of rotatable bonds is 2. The van der Waals surface area contributed by atoms with Crippen LogP contribution in [0.4, 0.5) is 18.9 Å². The Bertz CT molecular complexity index is 669. The van der Waals surface area contributed by atoms with Crippen molar-refractivity contribution in [1.29, 1.82) is 0 Å². The van der Waals surface area contributed by atoms with Crippen LogP contribution in [0.5, 0.6) is 0 Å². The van der Waals surface area contributed by atoms with Gasteiger partial charge in [0.05, 0.1) is 11.5 Å². The van der Waals surface area contributed by atoms with E-state index in [4.69, 9.17) is 0 Å². The molecule has 9 heteroatoms. The highest BCUT2D eigenvalue weighted by molar-refractivity contribution is 5.93. The number of carbonyl (C=O) groups is 2. The third-order valence-electron chi connectivity index (χ3n) is 3.73. The molecule has 23 heavy (non-hydrogen) atoms. The van der Waals surface area contributed by atoms with Crippen molar-refractivity contribution < 1.29 is 22.8 Å². The van der Waals surface area contributed by atoms with E-state index in [1.165, 1.54) is 11.8 Å². The zero-order chi connectivity index (χ0) is 17.2. The van der Waals surface area contributed by atoms with Crippen molar-refractivity contribution >= 4 is 17.5 Å². The van der Waals surface area contributed by atoms with Gasteiger partial charge in [0.2, 0.25) is 11.8 Å². The Morgan fingerprint density at radius 1 is 1.39 bits per heavy atom. The van der Waals surface area contributed by atoms with Crippen LogP contribution in [0.1, 0.15) is 25.3 Å². The molecule has 1 unspecified atom stereocenters. The zero-order valence-corrected chi connectivity index (χ0v) is 12.4. The molecule has 1 saturated heterocycles. The minimum absolute atomic E-state index is 0.167. The molecule has 0 aliphatic carbocycles. The summed E-state index contributed by atoms with van der Waals surface area (Å²) in [4.78, 5) is 38.6. The average molecular weight is 331 g/mol. The van der Waals surface area contributed by atoms with Gasteiger partial charge in [-0.2, -0.15) is 13.2 Å². The van der Waals surface area contributed by atoms with Crippen molar-refractivity contribution in [1.82, 2.24) is 9.88 Å². The number of carbonyl (C=O) groups excluding carboxylic acids is 2. The third-order valence-corrected chi connectivity index (χ3v) is 3.73. The van der Waals surface area contributed by atoms with E-state index in [0.29, 0.717) is 31.6 Å². The number of piperidine rings is 1. The molecular formula is C14H16F3N3O3. The minimum atomic E-state index is -4.63. The van der Waals surface area contributed by atoms with E-state index in [-0.39, 0.29) is 12.5 Å². The van der Waals surface area contributed by atoms with E-state index >= 15 is 0 Å². The van der Waals surface area contributed by atoms with Gasteiger partial charge in [-0.05, 0) is 18.9 Å². The first-order chi connectivity index (χ1) is 10.7. The van der Waals surface area contributed by atoms with Gasteiger partial charge in [0.25, 0.3) is 5.56 Å². The highest BCUT2D eigenvalue weighted by Gasteiger charge is 2.32.